The summed E-state index contributed by atoms with van der Waals surface area (Å²) < 4.78 is 12.1. The average molecular weight is 949 g/mol. The minimum absolute atomic E-state index is 0. The third-order valence-electron chi connectivity index (χ3n) is 11.0. The standard InChI is InChI=1S/2C25H42O4.Ba/c2*1-2-24(29-21-22-15-9-8-10-16-22)19-12-7-5-3-4-6-11-17-23(26)18-13-14-20-25(27)28;/h2*8-10,15-16,23-24,26H,2-7,11-14,17-21H2,1H3,(H,27,28);/q;;+2/p-2. The van der Waals surface area contributed by atoms with Gasteiger partial charge in [-0.1, -0.05) is 177 Å². The molecule has 0 aliphatic carbocycles. The van der Waals surface area contributed by atoms with E-state index in [1.165, 1.54) is 88.2 Å². The number of aliphatic hydroxyl groups is 2. The van der Waals surface area contributed by atoms with Crippen LogP contribution in [0.4, 0.5) is 0 Å². The van der Waals surface area contributed by atoms with Crippen molar-refractivity contribution in [3.8, 4) is 0 Å². The minimum Gasteiger partial charge on any atom is -0.550 e. The van der Waals surface area contributed by atoms with Crippen LogP contribution in [0.15, 0.2) is 60.7 Å². The molecule has 0 fully saturated rings. The van der Waals surface area contributed by atoms with E-state index in [9.17, 15) is 30.0 Å². The maximum atomic E-state index is 10.3. The Hall–Kier alpha value is -1.21. The van der Waals surface area contributed by atoms with Crippen molar-refractivity contribution in [3.05, 3.63) is 71.8 Å². The Balaban J connectivity index is 0.00000112. The molecule has 2 rings (SSSR count). The molecule has 4 unspecified atom stereocenters. The summed E-state index contributed by atoms with van der Waals surface area (Å²) in [5.41, 5.74) is 2.49. The Morgan fingerprint density at radius 2 is 0.729 bits per heavy atom. The first-order chi connectivity index (χ1) is 28.2. The summed E-state index contributed by atoms with van der Waals surface area (Å²) in [6.45, 7) is 5.82. The van der Waals surface area contributed by atoms with E-state index in [-0.39, 0.29) is 73.9 Å². The Morgan fingerprint density at radius 3 is 1.02 bits per heavy atom. The van der Waals surface area contributed by atoms with Crippen LogP contribution in [0.1, 0.15) is 205 Å². The number of carboxylic acid groups (broad SMARTS) is 2. The van der Waals surface area contributed by atoms with Crippen LogP contribution in [0, 0.1) is 0 Å². The number of hydrogen-bond acceptors (Lipinski definition) is 8. The average Bonchev–Trinajstić information content (AvgIpc) is 3.22. The van der Waals surface area contributed by atoms with Gasteiger partial charge < -0.3 is 39.5 Å². The van der Waals surface area contributed by atoms with Crippen LogP contribution < -0.4 is 10.2 Å². The van der Waals surface area contributed by atoms with Gasteiger partial charge in [0.1, 0.15) is 0 Å². The van der Waals surface area contributed by atoms with Crippen molar-refractivity contribution in [2.75, 3.05) is 0 Å². The maximum absolute atomic E-state index is 10.3. The van der Waals surface area contributed by atoms with Crippen molar-refractivity contribution in [1.82, 2.24) is 0 Å². The second-order valence-corrected chi connectivity index (χ2v) is 16.3. The van der Waals surface area contributed by atoms with Gasteiger partial charge in [0.05, 0.1) is 37.6 Å². The van der Waals surface area contributed by atoms with Gasteiger partial charge in [-0.25, -0.2) is 0 Å². The predicted octanol–water partition coefficient (Wildman–Crippen LogP) is 9.95. The fourth-order valence-electron chi connectivity index (χ4n) is 7.25. The normalized spacial score (nSPS) is 13.1. The van der Waals surface area contributed by atoms with Crippen LogP contribution in [-0.4, -0.2) is 95.4 Å². The molecule has 9 heteroatoms. The first-order valence-electron chi connectivity index (χ1n) is 23.3. The van der Waals surface area contributed by atoms with Gasteiger partial charge in [0.2, 0.25) is 0 Å². The second-order valence-electron chi connectivity index (χ2n) is 16.3. The third kappa shape index (κ3) is 38.2. The van der Waals surface area contributed by atoms with E-state index in [0.717, 1.165) is 64.2 Å². The molecule has 0 aliphatic heterocycles. The van der Waals surface area contributed by atoms with E-state index in [0.29, 0.717) is 51.1 Å². The van der Waals surface area contributed by atoms with E-state index in [1.54, 1.807) is 0 Å². The van der Waals surface area contributed by atoms with Gasteiger partial charge in [0, 0.05) is 11.9 Å². The van der Waals surface area contributed by atoms with Gasteiger partial charge in [0.25, 0.3) is 0 Å². The Kier molecular flexibility index (Phi) is 41.2. The molecule has 332 valence electrons. The molecule has 0 bridgehead atoms. The van der Waals surface area contributed by atoms with E-state index >= 15 is 0 Å². The minimum atomic E-state index is -0.996. The summed E-state index contributed by atoms with van der Waals surface area (Å²) in [7, 11) is 0. The van der Waals surface area contributed by atoms with Gasteiger partial charge >= 0.3 is 48.9 Å². The van der Waals surface area contributed by atoms with Crippen molar-refractivity contribution < 1.29 is 39.5 Å². The Morgan fingerprint density at radius 1 is 0.458 bits per heavy atom. The van der Waals surface area contributed by atoms with Crippen molar-refractivity contribution in [2.24, 2.45) is 0 Å². The van der Waals surface area contributed by atoms with Gasteiger partial charge in [-0.15, -0.1) is 0 Å². The van der Waals surface area contributed by atoms with Gasteiger partial charge in [0.15, 0.2) is 0 Å². The number of carboxylic acids is 2. The van der Waals surface area contributed by atoms with Crippen LogP contribution in [0.3, 0.4) is 0 Å². The van der Waals surface area contributed by atoms with Gasteiger partial charge in [-0.3, -0.25) is 0 Å². The maximum Gasteiger partial charge on any atom is 2.00 e. The molecule has 2 N–H and O–H groups in total. The molecule has 0 aromatic heterocycles. The molecule has 2 aromatic carbocycles. The SMILES string of the molecule is CCC(CCCCCCCCCC(O)CCCCC(=O)[O-])OCc1ccccc1.CCC(CCCCCCCCCC(O)CCCCC(=O)[O-])OCc1ccccc1.[Ba+2]. The van der Waals surface area contributed by atoms with Crippen molar-refractivity contribution in [1.29, 1.82) is 0 Å². The number of ether oxygens (including phenoxy) is 2. The number of aliphatic carboxylic acids is 2. The molecule has 0 aliphatic rings. The summed E-state index contributed by atoms with van der Waals surface area (Å²) in [6, 6.07) is 20.7. The zero-order valence-corrected chi connectivity index (χ0v) is 41.8. The largest absolute Gasteiger partial charge is 2.00 e. The topological polar surface area (TPSA) is 139 Å². The van der Waals surface area contributed by atoms with Gasteiger partial charge in [-0.2, -0.15) is 0 Å². The Bertz CT molecular complexity index is 1110. The van der Waals surface area contributed by atoms with Gasteiger partial charge in [-0.05, 0) is 88.2 Å². The first-order valence-corrected chi connectivity index (χ1v) is 23.3. The molecule has 2 aromatic rings. The molecule has 0 amide bonds. The molecule has 0 radical (unpaired) electrons. The first kappa shape index (κ1) is 57.8. The van der Waals surface area contributed by atoms with Crippen molar-refractivity contribution in [3.63, 3.8) is 0 Å². The summed E-state index contributed by atoms with van der Waals surface area (Å²) in [5, 5.41) is 40.5. The van der Waals surface area contributed by atoms with Crippen LogP contribution in [0.25, 0.3) is 0 Å². The number of carbonyl (C=O) groups is 2. The number of carbonyl (C=O) groups excluding carboxylic acids is 2. The smallest absolute Gasteiger partial charge is 0.550 e. The molecule has 59 heavy (non-hydrogen) atoms. The molecule has 4 atom stereocenters. The van der Waals surface area contributed by atoms with E-state index in [2.05, 4.69) is 62.4 Å². The van der Waals surface area contributed by atoms with Crippen molar-refractivity contribution in [2.45, 2.75) is 231 Å². The van der Waals surface area contributed by atoms with Crippen LogP contribution in [0.2, 0.25) is 0 Å². The van der Waals surface area contributed by atoms with Crippen LogP contribution in [-0.2, 0) is 32.3 Å². The number of benzene rings is 2. The molecule has 0 saturated heterocycles. The van der Waals surface area contributed by atoms with Crippen LogP contribution >= 0.6 is 0 Å². The quantitative estimate of drug-likeness (QED) is 0.0501. The van der Waals surface area contributed by atoms with E-state index < -0.39 is 11.9 Å². The number of unbranched alkanes of at least 4 members (excludes halogenated alkanes) is 14. The zero-order valence-electron chi connectivity index (χ0n) is 37.3. The van der Waals surface area contributed by atoms with E-state index in [4.69, 9.17) is 9.47 Å². The van der Waals surface area contributed by atoms with Crippen molar-refractivity contribution >= 4 is 60.8 Å². The molecule has 0 spiro atoms. The predicted molar refractivity (Wildman–Crippen MR) is 238 cm³/mol. The fourth-order valence-corrected chi connectivity index (χ4v) is 7.25. The summed E-state index contributed by atoms with van der Waals surface area (Å²) >= 11 is 0. The number of hydrogen-bond donors (Lipinski definition) is 2. The summed E-state index contributed by atoms with van der Waals surface area (Å²) in [4.78, 5) is 20.7. The number of aliphatic hydroxyl groups excluding tert-OH is 2. The van der Waals surface area contributed by atoms with Crippen LogP contribution in [0.5, 0.6) is 0 Å². The Labute approximate surface area is 400 Å². The molecule has 0 heterocycles. The molecule has 8 nitrogen and oxygen atoms in total. The third-order valence-corrected chi connectivity index (χ3v) is 11.0. The monoisotopic (exact) mass is 949 g/mol. The molecular weight excluding hydrogens is 866 g/mol. The fraction of sp³-hybridized carbons (Fsp3) is 0.720. The van der Waals surface area contributed by atoms with E-state index in [1.807, 2.05) is 12.1 Å². The second kappa shape index (κ2) is 42.1. The zero-order chi connectivity index (χ0) is 42.3. The molecular formula is C50H82BaO8. The summed E-state index contributed by atoms with van der Waals surface area (Å²) in [5.74, 6) is -1.99. The molecule has 0 saturated carbocycles. The summed E-state index contributed by atoms with van der Waals surface area (Å²) in [6.07, 6.45) is 27.7. The number of rotatable bonds is 38.